The smallest absolute Gasteiger partial charge is 0.248 e. The van der Waals surface area contributed by atoms with Crippen molar-refractivity contribution in [2.45, 2.75) is 12.8 Å². The van der Waals surface area contributed by atoms with E-state index < -0.39 is 21.8 Å². The fourth-order valence-electron chi connectivity index (χ4n) is 1.90. The Balaban J connectivity index is 2.41. The van der Waals surface area contributed by atoms with Crippen LogP contribution in [0.3, 0.4) is 0 Å². The molecule has 6 nitrogen and oxygen atoms in total. The van der Waals surface area contributed by atoms with Crippen LogP contribution in [0.5, 0.6) is 0 Å². The average molecular weight is 305 g/mol. The summed E-state index contributed by atoms with van der Waals surface area (Å²) < 4.78 is 24.8. The van der Waals surface area contributed by atoms with E-state index in [2.05, 4.69) is 9.97 Å². The molecule has 0 fully saturated rings. The Kier molecular flexibility index (Phi) is 4.32. The number of aromatic nitrogens is 2. The highest BCUT2D eigenvalue weighted by molar-refractivity contribution is 7.92. The molecule has 1 aromatic carbocycles. The molecule has 0 N–H and O–H groups in total. The molecule has 21 heavy (non-hydrogen) atoms. The van der Waals surface area contributed by atoms with Gasteiger partial charge in [-0.05, 0) is 19.1 Å². The van der Waals surface area contributed by atoms with Crippen LogP contribution in [0.4, 0.5) is 5.69 Å². The molecule has 0 aliphatic rings. The number of sulfonamides is 1. The van der Waals surface area contributed by atoms with Crippen LogP contribution in [0, 0.1) is 0 Å². The number of hydrogen-bond acceptors (Lipinski definition) is 5. The second kappa shape index (κ2) is 6.01. The molecule has 1 atom stereocenters. The number of rotatable bonds is 4. The van der Waals surface area contributed by atoms with Crippen LogP contribution in [0.1, 0.15) is 18.4 Å². The third kappa shape index (κ3) is 3.43. The Morgan fingerprint density at radius 2 is 1.71 bits per heavy atom. The fourth-order valence-corrected chi connectivity index (χ4v) is 2.89. The van der Waals surface area contributed by atoms with E-state index >= 15 is 0 Å². The standard InChI is InChI=1S/C14H15N3O3S/c1-11(12-8-15-10-16-9-12)14(18)17(21(2,19)20)13-6-4-3-5-7-13/h3-11H,1-2H3. The fraction of sp³-hybridized carbons (Fsp3) is 0.214. The number of carbonyl (C=O) groups is 1. The van der Waals surface area contributed by atoms with Gasteiger partial charge in [0.15, 0.2) is 0 Å². The molecule has 0 aliphatic heterocycles. The average Bonchev–Trinajstić information content (AvgIpc) is 2.47. The van der Waals surface area contributed by atoms with Crippen molar-refractivity contribution in [2.24, 2.45) is 0 Å². The summed E-state index contributed by atoms with van der Waals surface area (Å²) >= 11 is 0. The number of benzene rings is 1. The van der Waals surface area contributed by atoms with Crippen molar-refractivity contribution < 1.29 is 13.2 Å². The molecule has 0 bridgehead atoms. The lowest BCUT2D eigenvalue weighted by Crippen LogP contribution is -2.38. The van der Waals surface area contributed by atoms with Gasteiger partial charge in [0.25, 0.3) is 0 Å². The van der Waals surface area contributed by atoms with Gasteiger partial charge < -0.3 is 0 Å². The predicted molar refractivity (Wildman–Crippen MR) is 79.2 cm³/mol. The molecule has 110 valence electrons. The summed E-state index contributed by atoms with van der Waals surface area (Å²) in [6.07, 6.45) is 5.36. The highest BCUT2D eigenvalue weighted by Crippen LogP contribution is 2.24. The van der Waals surface area contributed by atoms with E-state index in [1.807, 2.05) is 0 Å². The predicted octanol–water partition coefficient (Wildman–Crippen LogP) is 1.57. The lowest BCUT2D eigenvalue weighted by atomic mass is 10.0. The van der Waals surface area contributed by atoms with Crippen molar-refractivity contribution in [3.05, 3.63) is 54.6 Å². The minimum Gasteiger partial charge on any atom is -0.273 e. The van der Waals surface area contributed by atoms with Gasteiger partial charge in [-0.2, -0.15) is 0 Å². The monoisotopic (exact) mass is 305 g/mol. The highest BCUT2D eigenvalue weighted by atomic mass is 32.2. The van der Waals surface area contributed by atoms with Crippen molar-refractivity contribution in [1.29, 1.82) is 0 Å². The van der Waals surface area contributed by atoms with Crippen LogP contribution < -0.4 is 4.31 Å². The first-order valence-corrected chi connectivity index (χ1v) is 8.10. The van der Waals surface area contributed by atoms with Gasteiger partial charge >= 0.3 is 0 Å². The van der Waals surface area contributed by atoms with Gasteiger partial charge in [-0.1, -0.05) is 18.2 Å². The van der Waals surface area contributed by atoms with Gasteiger partial charge in [0.2, 0.25) is 15.9 Å². The molecule has 2 rings (SSSR count). The third-order valence-electron chi connectivity index (χ3n) is 2.97. The summed E-state index contributed by atoms with van der Waals surface area (Å²) in [4.78, 5) is 20.3. The molecule has 0 saturated carbocycles. The maximum atomic E-state index is 12.6. The number of para-hydroxylation sites is 1. The Morgan fingerprint density at radius 1 is 1.14 bits per heavy atom. The molecule has 1 aromatic heterocycles. The van der Waals surface area contributed by atoms with Gasteiger partial charge in [-0.15, -0.1) is 0 Å². The molecule has 7 heteroatoms. The highest BCUT2D eigenvalue weighted by Gasteiger charge is 2.30. The van der Waals surface area contributed by atoms with Crippen molar-refractivity contribution >= 4 is 21.6 Å². The minimum absolute atomic E-state index is 0.314. The van der Waals surface area contributed by atoms with Crippen molar-refractivity contribution in [3.63, 3.8) is 0 Å². The van der Waals surface area contributed by atoms with E-state index in [0.717, 1.165) is 10.6 Å². The van der Waals surface area contributed by atoms with Crippen LogP contribution >= 0.6 is 0 Å². The number of nitrogens with zero attached hydrogens (tertiary/aromatic N) is 3. The number of hydrogen-bond donors (Lipinski definition) is 0. The van der Waals surface area contributed by atoms with Gasteiger partial charge in [0.1, 0.15) is 6.33 Å². The van der Waals surface area contributed by atoms with E-state index in [1.165, 1.54) is 18.7 Å². The SMILES string of the molecule is CC(C(=O)N(c1ccccc1)S(C)(=O)=O)c1cncnc1. The topological polar surface area (TPSA) is 80.2 Å². The summed E-state index contributed by atoms with van der Waals surface area (Å²) in [6, 6.07) is 8.26. The lowest BCUT2D eigenvalue weighted by Gasteiger charge is -2.23. The first-order chi connectivity index (χ1) is 9.91. The second-order valence-corrected chi connectivity index (χ2v) is 6.43. The van der Waals surface area contributed by atoms with E-state index in [9.17, 15) is 13.2 Å². The van der Waals surface area contributed by atoms with Gasteiger partial charge in [0.05, 0.1) is 17.9 Å². The van der Waals surface area contributed by atoms with E-state index in [4.69, 9.17) is 0 Å². The Hall–Kier alpha value is -2.28. The van der Waals surface area contributed by atoms with Crippen LogP contribution in [0.25, 0.3) is 0 Å². The molecular weight excluding hydrogens is 290 g/mol. The molecular formula is C14H15N3O3S. The first-order valence-electron chi connectivity index (χ1n) is 6.25. The van der Waals surface area contributed by atoms with Crippen LogP contribution in [-0.2, 0) is 14.8 Å². The van der Waals surface area contributed by atoms with Crippen molar-refractivity contribution in [1.82, 2.24) is 9.97 Å². The zero-order chi connectivity index (χ0) is 15.5. The van der Waals surface area contributed by atoms with Crippen LogP contribution in [0.15, 0.2) is 49.1 Å². The molecule has 0 saturated heterocycles. The maximum absolute atomic E-state index is 12.6. The maximum Gasteiger partial charge on any atom is 0.248 e. The summed E-state index contributed by atoms with van der Waals surface area (Å²) in [5.74, 6) is -1.21. The number of anilines is 1. The quantitative estimate of drug-likeness (QED) is 0.856. The van der Waals surface area contributed by atoms with E-state index in [1.54, 1.807) is 37.3 Å². The van der Waals surface area contributed by atoms with Crippen LogP contribution in [0.2, 0.25) is 0 Å². The summed E-state index contributed by atoms with van der Waals surface area (Å²) in [7, 11) is -3.73. The summed E-state index contributed by atoms with van der Waals surface area (Å²) in [6.45, 7) is 1.63. The Labute approximate surface area is 123 Å². The third-order valence-corrected chi connectivity index (χ3v) is 4.03. The van der Waals surface area contributed by atoms with Crippen molar-refractivity contribution in [3.8, 4) is 0 Å². The number of carbonyl (C=O) groups excluding carboxylic acids is 1. The van der Waals surface area contributed by atoms with Crippen molar-refractivity contribution in [2.75, 3.05) is 10.6 Å². The zero-order valence-electron chi connectivity index (χ0n) is 11.7. The van der Waals surface area contributed by atoms with E-state index in [-0.39, 0.29) is 0 Å². The molecule has 0 radical (unpaired) electrons. The first kappa shape index (κ1) is 15.1. The molecule has 0 aliphatic carbocycles. The van der Waals surface area contributed by atoms with Gasteiger partial charge in [-0.25, -0.2) is 22.7 Å². The van der Waals surface area contributed by atoms with Crippen LogP contribution in [-0.4, -0.2) is 30.5 Å². The molecule has 0 spiro atoms. The molecule has 2 aromatic rings. The molecule has 1 amide bonds. The van der Waals surface area contributed by atoms with E-state index in [0.29, 0.717) is 11.3 Å². The Morgan fingerprint density at radius 3 is 2.24 bits per heavy atom. The van der Waals surface area contributed by atoms with Gasteiger partial charge in [-0.3, -0.25) is 4.79 Å². The minimum atomic E-state index is -3.73. The summed E-state index contributed by atoms with van der Waals surface area (Å²) in [5, 5.41) is 0. The Bertz CT molecular complexity index is 718. The molecule has 1 unspecified atom stereocenters. The van der Waals surface area contributed by atoms with Gasteiger partial charge in [0, 0.05) is 18.0 Å². The largest absolute Gasteiger partial charge is 0.273 e. The normalized spacial score (nSPS) is 12.7. The summed E-state index contributed by atoms with van der Waals surface area (Å²) in [5.41, 5.74) is 0.876. The second-order valence-electron chi connectivity index (χ2n) is 4.59. The lowest BCUT2D eigenvalue weighted by molar-refractivity contribution is -0.118. The number of amides is 1. The molecule has 1 heterocycles. The zero-order valence-corrected chi connectivity index (χ0v) is 12.5.